The van der Waals surface area contributed by atoms with E-state index < -0.39 is 8.07 Å². The Labute approximate surface area is 344 Å². The minimum absolute atomic E-state index is 0.0319. The molecule has 9 aromatic carbocycles. The number of hydrogen-bond donors (Lipinski definition) is 0. The topological polar surface area (TPSA) is 8.17 Å². The van der Waals surface area contributed by atoms with Gasteiger partial charge in [-0.2, -0.15) is 0 Å². The van der Waals surface area contributed by atoms with E-state index >= 15 is 0 Å². The van der Waals surface area contributed by atoms with Gasteiger partial charge in [-0.3, -0.25) is 0 Å². The first-order chi connectivity index (χ1) is 29.1. The molecule has 0 radical (unpaired) electrons. The molecule has 0 N–H and O–H groups in total. The second-order valence-corrected chi connectivity index (χ2v) is 21.3. The van der Waals surface area contributed by atoms with Crippen LogP contribution >= 0.6 is 0 Å². The SMILES string of the molecule is CC1(C)c2ccccc2-c2cc3c4c(c21)-c1cccc2c5cc6ccccc6cc5n(c12)B4c1cccc2c1N3c1ccccc1[Si]2(c1ccccc1)c1ccccc1. The maximum Gasteiger partial charge on any atom is 0.333 e. The van der Waals surface area contributed by atoms with E-state index in [4.69, 9.17) is 0 Å². The van der Waals surface area contributed by atoms with E-state index in [2.05, 4.69) is 211 Å². The van der Waals surface area contributed by atoms with Gasteiger partial charge in [-0.25, -0.2) is 0 Å². The van der Waals surface area contributed by atoms with E-state index in [0.29, 0.717) is 0 Å². The predicted molar refractivity (Wildman–Crippen MR) is 252 cm³/mol. The van der Waals surface area contributed by atoms with Crippen molar-refractivity contribution in [2.75, 3.05) is 4.90 Å². The highest BCUT2D eigenvalue weighted by Gasteiger charge is 2.54. The normalized spacial score (nSPS) is 15.5. The Bertz CT molecular complexity index is 3450. The van der Waals surface area contributed by atoms with Crippen LogP contribution in [0.15, 0.2) is 188 Å². The Balaban J connectivity index is 1.22. The second-order valence-electron chi connectivity index (χ2n) is 17.5. The van der Waals surface area contributed by atoms with E-state index in [1.54, 1.807) is 0 Å². The predicted octanol–water partition coefficient (Wildman–Crippen LogP) is 9.36. The van der Waals surface area contributed by atoms with Gasteiger partial charge >= 0.3 is 6.85 Å². The van der Waals surface area contributed by atoms with Gasteiger partial charge in [0.15, 0.2) is 8.07 Å². The van der Waals surface area contributed by atoms with Crippen molar-refractivity contribution in [1.29, 1.82) is 0 Å². The molecule has 4 heteroatoms. The number of aromatic nitrogens is 1. The van der Waals surface area contributed by atoms with E-state index in [0.717, 1.165) is 0 Å². The first-order valence-electron chi connectivity index (χ1n) is 21.0. The third-order valence-electron chi connectivity index (χ3n) is 14.5. The molecule has 0 saturated carbocycles. The monoisotopic (exact) mass is 764 g/mol. The molecule has 14 rings (SSSR count). The number of benzene rings is 9. The third kappa shape index (κ3) is 3.72. The fraction of sp³-hybridized carbons (Fsp3) is 0.0545. The molecule has 4 heterocycles. The summed E-state index contributed by atoms with van der Waals surface area (Å²) in [5.74, 6) is 0. The van der Waals surface area contributed by atoms with Gasteiger partial charge in [0, 0.05) is 49.8 Å². The summed E-state index contributed by atoms with van der Waals surface area (Å²) in [7, 11) is -2.85. The van der Waals surface area contributed by atoms with Crippen LogP contribution in [0.1, 0.15) is 25.0 Å². The van der Waals surface area contributed by atoms with Crippen LogP contribution in [0.2, 0.25) is 0 Å². The third-order valence-corrected chi connectivity index (χ3v) is 19.4. The van der Waals surface area contributed by atoms with Crippen molar-refractivity contribution < 1.29 is 0 Å². The summed E-state index contributed by atoms with van der Waals surface area (Å²) in [5.41, 5.74) is 17.6. The molecule has 274 valence electrons. The standard InChI is InChI=1S/C55H37BN2Si/c1-55(2)43-26-12-11-23-38(43)42-33-47-52-50(51(42)55)40-25-15-24-39-41-31-34-17-9-10-18-35(34)32-46(41)58(53(39)40)56(52)44-27-16-30-49-54(44)57(47)45-28-13-14-29-48(45)59(49,36-19-5-3-6-20-36)37-21-7-4-8-22-37/h3-33H,1-2H3. The van der Waals surface area contributed by atoms with Gasteiger partial charge in [-0.05, 0) is 94.5 Å². The lowest BCUT2D eigenvalue weighted by Gasteiger charge is -2.50. The fourth-order valence-electron chi connectivity index (χ4n) is 12.4. The number of nitrogens with zero attached hydrogens (tertiary/aromatic N) is 2. The summed E-state index contributed by atoms with van der Waals surface area (Å²) in [6.07, 6.45) is 0. The molecule has 0 atom stereocenters. The number of fused-ring (bicyclic) bond motifs is 14. The molecule has 1 aromatic heterocycles. The molecule has 0 bridgehead atoms. The van der Waals surface area contributed by atoms with E-state index in [1.165, 1.54) is 115 Å². The first-order valence-corrected chi connectivity index (χ1v) is 23.0. The minimum Gasteiger partial charge on any atom is -0.375 e. The molecule has 4 aliphatic rings. The average molecular weight is 765 g/mol. The number of anilines is 3. The largest absolute Gasteiger partial charge is 0.375 e. The van der Waals surface area contributed by atoms with Gasteiger partial charge < -0.3 is 9.38 Å². The summed E-state index contributed by atoms with van der Waals surface area (Å²) in [5, 5.41) is 10.9. The lowest BCUT2D eigenvalue weighted by Crippen LogP contribution is -2.78. The van der Waals surface area contributed by atoms with Gasteiger partial charge in [0.1, 0.15) is 0 Å². The van der Waals surface area contributed by atoms with Crippen molar-refractivity contribution in [2.45, 2.75) is 19.3 Å². The lowest BCUT2D eigenvalue weighted by atomic mass is 9.44. The molecule has 0 unspecified atom stereocenters. The molecular formula is C55H37BN2Si. The van der Waals surface area contributed by atoms with E-state index in [1.807, 2.05) is 0 Å². The highest BCUT2D eigenvalue weighted by atomic mass is 28.3. The van der Waals surface area contributed by atoms with Crippen molar-refractivity contribution >= 4 is 96.2 Å². The smallest absolute Gasteiger partial charge is 0.333 e. The molecule has 0 amide bonds. The maximum atomic E-state index is 2.75. The number of para-hydroxylation sites is 3. The summed E-state index contributed by atoms with van der Waals surface area (Å²) >= 11 is 0. The Kier molecular flexibility index (Phi) is 5.98. The average Bonchev–Trinajstić information content (AvgIpc) is 3.73. The van der Waals surface area contributed by atoms with Gasteiger partial charge in [0.25, 0.3) is 0 Å². The Morgan fingerprint density at radius 3 is 1.95 bits per heavy atom. The molecule has 59 heavy (non-hydrogen) atoms. The minimum atomic E-state index is -2.85. The van der Waals surface area contributed by atoms with Crippen LogP contribution in [0.4, 0.5) is 17.1 Å². The molecule has 3 aliphatic heterocycles. The molecular weight excluding hydrogens is 728 g/mol. The number of rotatable bonds is 2. The first kappa shape index (κ1) is 32.1. The van der Waals surface area contributed by atoms with Crippen LogP contribution in [-0.4, -0.2) is 19.4 Å². The number of hydrogen-bond acceptors (Lipinski definition) is 1. The van der Waals surface area contributed by atoms with Crippen LogP contribution in [0, 0.1) is 0 Å². The van der Waals surface area contributed by atoms with Crippen LogP contribution in [0.3, 0.4) is 0 Å². The lowest BCUT2D eigenvalue weighted by molar-refractivity contribution is 0.662. The second kappa shape index (κ2) is 11.0. The highest BCUT2D eigenvalue weighted by molar-refractivity contribution is 7.21. The fourth-order valence-corrected chi connectivity index (χ4v) is 17.5. The van der Waals surface area contributed by atoms with Crippen LogP contribution in [0.5, 0.6) is 0 Å². The zero-order chi connectivity index (χ0) is 38.8. The maximum absolute atomic E-state index is 2.85. The van der Waals surface area contributed by atoms with Gasteiger partial charge in [0.05, 0.1) is 0 Å². The molecule has 10 aromatic rings. The molecule has 0 fully saturated rings. The summed E-state index contributed by atoms with van der Waals surface area (Å²) in [4.78, 5) is 2.70. The summed E-state index contributed by atoms with van der Waals surface area (Å²) in [6, 6.07) is 72.3. The van der Waals surface area contributed by atoms with Gasteiger partial charge in [-0.15, -0.1) is 0 Å². The van der Waals surface area contributed by atoms with E-state index in [9.17, 15) is 0 Å². The zero-order valence-electron chi connectivity index (χ0n) is 32.9. The van der Waals surface area contributed by atoms with Crippen LogP contribution in [-0.2, 0) is 5.41 Å². The Hall–Kier alpha value is -6.88. The Morgan fingerprint density at radius 2 is 1.15 bits per heavy atom. The van der Waals surface area contributed by atoms with Crippen molar-refractivity contribution in [3.63, 3.8) is 0 Å². The van der Waals surface area contributed by atoms with E-state index in [-0.39, 0.29) is 12.3 Å². The summed E-state index contributed by atoms with van der Waals surface area (Å²) < 4.78 is 2.75. The van der Waals surface area contributed by atoms with Crippen molar-refractivity contribution in [1.82, 2.24) is 4.48 Å². The van der Waals surface area contributed by atoms with Crippen molar-refractivity contribution in [2.24, 2.45) is 0 Å². The van der Waals surface area contributed by atoms with Crippen molar-refractivity contribution in [3.8, 4) is 22.3 Å². The van der Waals surface area contributed by atoms with Gasteiger partial charge in [0.2, 0.25) is 0 Å². The zero-order valence-corrected chi connectivity index (χ0v) is 33.9. The quantitative estimate of drug-likeness (QED) is 0.160. The van der Waals surface area contributed by atoms with Crippen molar-refractivity contribution in [3.05, 3.63) is 199 Å². The summed E-state index contributed by atoms with van der Waals surface area (Å²) in [6.45, 7) is 4.88. The molecule has 1 aliphatic carbocycles. The molecule has 0 saturated heterocycles. The highest BCUT2D eigenvalue weighted by Crippen LogP contribution is 2.57. The molecule has 2 nitrogen and oxygen atoms in total. The molecule has 0 spiro atoms. The van der Waals surface area contributed by atoms with Gasteiger partial charge in [-0.1, -0.05) is 178 Å². The van der Waals surface area contributed by atoms with Crippen LogP contribution in [0.25, 0.3) is 54.8 Å². The Morgan fingerprint density at radius 1 is 0.508 bits per heavy atom. The van der Waals surface area contributed by atoms with Crippen LogP contribution < -0.4 is 36.6 Å².